The number of hydrogen-bond acceptors (Lipinski definition) is 3. The molecule has 94 valence electrons. The van der Waals surface area contributed by atoms with Crippen molar-refractivity contribution in [2.45, 2.75) is 26.2 Å². The molecule has 0 atom stereocenters. The van der Waals surface area contributed by atoms with Crippen LogP contribution < -0.4 is 0 Å². The third-order valence-corrected chi connectivity index (χ3v) is 2.60. The Morgan fingerprint density at radius 1 is 1.12 bits per heavy atom. The Labute approximate surface area is 103 Å². The molecule has 1 aromatic rings. The first kappa shape index (κ1) is 13.7. The van der Waals surface area contributed by atoms with Crippen LogP contribution in [0.3, 0.4) is 0 Å². The molecule has 0 aliphatic heterocycles. The minimum Gasteiger partial charge on any atom is -0.463 e. The van der Waals surface area contributed by atoms with Gasteiger partial charge in [-0.15, -0.1) is 0 Å². The monoisotopic (exact) mass is 236 g/mol. The van der Waals surface area contributed by atoms with E-state index in [9.17, 15) is 4.79 Å². The highest BCUT2D eigenvalue weighted by molar-refractivity contribution is 5.69. The maximum atomic E-state index is 11.3. The van der Waals surface area contributed by atoms with Crippen molar-refractivity contribution in [2.75, 3.05) is 20.3 Å². The predicted octanol–water partition coefficient (Wildman–Crippen LogP) is 2.37. The van der Waals surface area contributed by atoms with Crippen LogP contribution in [0.15, 0.2) is 24.3 Å². The molecule has 0 aliphatic rings. The molecule has 0 amide bonds. The molecule has 0 unspecified atom stereocenters. The molecule has 3 nitrogen and oxygen atoms in total. The summed E-state index contributed by atoms with van der Waals surface area (Å²) in [6, 6.07) is 8.35. The van der Waals surface area contributed by atoms with Crippen molar-refractivity contribution < 1.29 is 14.3 Å². The van der Waals surface area contributed by atoms with Crippen LogP contribution in [0.1, 0.15) is 24.5 Å². The van der Waals surface area contributed by atoms with E-state index >= 15 is 0 Å². The van der Waals surface area contributed by atoms with Gasteiger partial charge in [-0.2, -0.15) is 0 Å². The Hall–Kier alpha value is -1.35. The number of ether oxygens (including phenoxy) is 2. The van der Waals surface area contributed by atoms with Gasteiger partial charge in [0.2, 0.25) is 0 Å². The van der Waals surface area contributed by atoms with Gasteiger partial charge in [0.05, 0.1) is 6.61 Å². The van der Waals surface area contributed by atoms with Gasteiger partial charge in [0.15, 0.2) is 0 Å². The molecular formula is C14H20O3. The first-order chi connectivity index (χ1) is 8.26. The Balaban J connectivity index is 2.27. The molecule has 17 heavy (non-hydrogen) atoms. The quantitative estimate of drug-likeness (QED) is 0.538. The summed E-state index contributed by atoms with van der Waals surface area (Å²) >= 11 is 0. The van der Waals surface area contributed by atoms with Gasteiger partial charge >= 0.3 is 5.97 Å². The van der Waals surface area contributed by atoms with Gasteiger partial charge in [0.1, 0.15) is 6.61 Å². The summed E-state index contributed by atoms with van der Waals surface area (Å²) in [7, 11) is 1.59. The third kappa shape index (κ3) is 5.50. The summed E-state index contributed by atoms with van der Waals surface area (Å²) < 4.78 is 9.79. The van der Waals surface area contributed by atoms with Crippen molar-refractivity contribution in [3.63, 3.8) is 0 Å². The van der Waals surface area contributed by atoms with Crippen LogP contribution >= 0.6 is 0 Å². The third-order valence-electron chi connectivity index (χ3n) is 2.60. The molecule has 0 radical (unpaired) electrons. The van der Waals surface area contributed by atoms with Gasteiger partial charge < -0.3 is 9.47 Å². The topological polar surface area (TPSA) is 35.5 Å². The first-order valence-corrected chi connectivity index (χ1v) is 5.98. The van der Waals surface area contributed by atoms with Crippen molar-refractivity contribution in [3.05, 3.63) is 35.4 Å². The normalized spacial score (nSPS) is 10.2. The molecule has 0 aromatic heterocycles. The van der Waals surface area contributed by atoms with Crippen molar-refractivity contribution in [1.29, 1.82) is 0 Å². The number of benzene rings is 1. The number of methoxy groups -OCH3 is 1. The highest BCUT2D eigenvalue weighted by Gasteiger charge is 2.03. The molecule has 0 N–H and O–H groups in total. The second-order valence-corrected chi connectivity index (χ2v) is 3.88. The highest BCUT2D eigenvalue weighted by Crippen LogP contribution is 2.07. The lowest BCUT2D eigenvalue weighted by Crippen LogP contribution is -2.10. The molecule has 3 heteroatoms. The molecular weight excluding hydrogens is 216 g/mol. The van der Waals surface area contributed by atoms with Gasteiger partial charge in [-0.3, -0.25) is 4.79 Å². The molecule has 0 fully saturated rings. The maximum absolute atomic E-state index is 11.3. The van der Waals surface area contributed by atoms with E-state index in [1.54, 1.807) is 7.11 Å². The van der Waals surface area contributed by atoms with E-state index in [4.69, 9.17) is 9.47 Å². The van der Waals surface area contributed by atoms with E-state index in [0.29, 0.717) is 19.6 Å². The lowest BCUT2D eigenvalue weighted by molar-refractivity contribution is -0.144. The SMILES string of the molecule is CCc1ccc(CCC(=O)OCCOC)cc1. The zero-order valence-electron chi connectivity index (χ0n) is 10.6. The van der Waals surface area contributed by atoms with E-state index < -0.39 is 0 Å². The smallest absolute Gasteiger partial charge is 0.306 e. The number of aryl methyl sites for hydroxylation is 2. The van der Waals surface area contributed by atoms with Crippen LogP contribution in [0.4, 0.5) is 0 Å². The van der Waals surface area contributed by atoms with Gasteiger partial charge in [-0.1, -0.05) is 31.2 Å². The molecule has 0 saturated heterocycles. The van der Waals surface area contributed by atoms with Gasteiger partial charge in [0.25, 0.3) is 0 Å². The van der Waals surface area contributed by atoms with Gasteiger partial charge in [-0.05, 0) is 24.0 Å². The Bertz CT molecular complexity index is 330. The van der Waals surface area contributed by atoms with E-state index in [0.717, 1.165) is 12.8 Å². The molecule has 0 spiro atoms. The first-order valence-electron chi connectivity index (χ1n) is 5.98. The molecule has 1 aromatic carbocycles. The number of carbonyl (C=O) groups excluding carboxylic acids is 1. The zero-order valence-corrected chi connectivity index (χ0v) is 10.6. The summed E-state index contributed by atoms with van der Waals surface area (Å²) in [5, 5.41) is 0. The van der Waals surface area contributed by atoms with Crippen LogP contribution in [0.25, 0.3) is 0 Å². The van der Waals surface area contributed by atoms with Gasteiger partial charge in [-0.25, -0.2) is 0 Å². The van der Waals surface area contributed by atoms with E-state index in [1.807, 2.05) is 0 Å². The van der Waals surface area contributed by atoms with Crippen molar-refractivity contribution >= 4 is 5.97 Å². The van der Waals surface area contributed by atoms with E-state index in [-0.39, 0.29) is 5.97 Å². The van der Waals surface area contributed by atoms with Crippen LogP contribution in [0, 0.1) is 0 Å². The maximum Gasteiger partial charge on any atom is 0.306 e. The minimum atomic E-state index is -0.165. The Kier molecular flexibility index (Phi) is 6.33. The average Bonchev–Trinajstić information content (AvgIpc) is 2.37. The zero-order chi connectivity index (χ0) is 12.5. The van der Waals surface area contributed by atoms with Crippen LogP contribution in [-0.2, 0) is 27.1 Å². The predicted molar refractivity (Wildman–Crippen MR) is 67.0 cm³/mol. The fourth-order valence-corrected chi connectivity index (χ4v) is 1.50. The lowest BCUT2D eigenvalue weighted by atomic mass is 10.1. The Morgan fingerprint density at radius 3 is 2.35 bits per heavy atom. The van der Waals surface area contributed by atoms with E-state index in [2.05, 4.69) is 31.2 Å². The van der Waals surface area contributed by atoms with E-state index in [1.165, 1.54) is 11.1 Å². The largest absolute Gasteiger partial charge is 0.463 e. The van der Waals surface area contributed by atoms with Crippen molar-refractivity contribution in [2.24, 2.45) is 0 Å². The molecule has 0 saturated carbocycles. The number of carbonyl (C=O) groups is 1. The number of rotatable bonds is 7. The lowest BCUT2D eigenvalue weighted by Gasteiger charge is -2.04. The Morgan fingerprint density at radius 2 is 1.76 bits per heavy atom. The van der Waals surface area contributed by atoms with Crippen molar-refractivity contribution in [1.82, 2.24) is 0 Å². The highest BCUT2D eigenvalue weighted by atomic mass is 16.6. The molecule has 0 aliphatic carbocycles. The van der Waals surface area contributed by atoms with Crippen LogP contribution in [-0.4, -0.2) is 26.3 Å². The number of esters is 1. The molecule has 0 bridgehead atoms. The fourth-order valence-electron chi connectivity index (χ4n) is 1.50. The standard InChI is InChI=1S/C14H20O3/c1-3-12-4-6-13(7-5-12)8-9-14(15)17-11-10-16-2/h4-7H,3,8-11H2,1-2H3. The summed E-state index contributed by atoms with van der Waals surface area (Å²) in [4.78, 5) is 11.3. The second kappa shape index (κ2) is 7.85. The fraction of sp³-hybridized carbons (Fsp3) is 0.500. The summed E-state index contributed by atoms with van der Waals surface area (Å²) in [6.07, 6.45) is 2.20. The average molecular weight is 236 g/mol. The summed E-state index contributed by atoms with van der Waals surface area (Å²) in [5.74, 6) is -0.165. The van der Waals surface area contributed by atoms with Crippen molar-refractivity contribution in [3.8, 4) is 0 Å². The summed E-state index contributed by atoms with van der Waals surface area (Å²) in [6.45, 7) is 2.92. The van der Waals surface area contributed by atoms with Gasteiger partial charge in [0, 0.05) is 13.5 Å². The van der Waals surface area contributed by atoms with Crippen LogP contribution in [0.5, 0.6) is 0 Å². The summed E-state index contributed by atoms with van der Waals surface area (Å²) in [5.41, 5.74) is 2.49. The second-order valence-electron chi connectivity index (χ2n) is 3.88. The number of hydrogen-bond donors (Lipinski definition) is 0. The minimum absolute atomic E-state index is 0.165. The van der Waals surface area contributed by atoms with Crippen LogP contribution in [0.2, 0.25) is 0 Å². The molecule has 1 rings (SSSR count). The molecule has 0 heterocycles.